The summed E-state index contributed by atoms with van der Waals surface area (Å²) < 4.78 is 7.54. The highest BCUT2D eigenvalue weighted by Crippen LogP contribution is 2.45. The van der Waals surface area contributed by atoms with E-state index in [0.717, 1.165) is 47.6 Å². The maximum atomic E-state index is 14.5. The zero-order chi connectivity index (χ0) is 26.4. The molecule has 8 nitrogen and oxygen atoms in total. The molecular formula is C27H25Br2N7O. The second-order valence-electron chi connectivity index (χ2n) is 9.59. The third-order valence-corrected chi connectivity index (χ3v) is 8.58. The average Bonchev–Trinajstić information content (AvgIpc) is 3.55. The predicted octanol–water partition coefficient (Wildman–Crippen LogP) is 4.81. The van der Waals surface area contributed by atoms with Crippen LogP contribution in [0, 0.1) is 12.3 Å². The number of benzene rings is 2. The van der Waals surface area contributed by atoms with Crippen molar-refractivity contribution in [3.63, 3.8) is 0 Å². The first-order valence-electron chi connectivity index (χ1n) is 11.7. The average molecular weight is 623 g/mol. The van der Waals surface area contributed by atoms with Crippen molar-refractivity contribution in [3.8, 4) is 0 Å². The van der Waals surface area contributed by atoms with Gasteiger partial charge in [-0.15, -0.1) is 0 Å². The minimum Gasteiger partial charge on any atom is -0.361 e. The molecule has 37 heavy (non-hydrogen) atoms. The Morgan fingerprint density at radius 1 is 0.973 bits per heavy atom. The van der Waals surface area contributed by atoms with Crippen LogP contribution in [0.2, 0.25) is 0 Å². The van der Waals surface area contributed by atoms with Crippen molar-refractivity contribution in [1.82, 2.24) is 23.6 Å². The van der Waals surface area contributed by atoms with Crippen LogP contribution in [0.25, 0.3) is 21.8 Å². The van der Waals surface area contributed by atoms with E-state index in [0.29, 0.717) is 17.1 Å². The first kappa shape index (κ1) is 24.0. The molecule has 2 aromatic carbocycles. The van der Waals surface area contributed by atoms with Crippen molar-refractivity contribution in [2.45, 2.75) is 12.5 Å². The number of fused-ring (bicyclic) bond motifs is 2. The summed E-state index contributed by atoms with van der Waals surface area (Å²) in [6, 6.07) is 12.1. The number of imidazole rings is 1. The first-order valence-corrected chi connectivity index (χ1v) is 13.3. The minimum absolute atomic E-state index is 0.162. The van der Waals surface area contributed by atoms with Gasteiger partial charge in [0.15, 0.2) is 0 Å². The van der Waals surface area contributed by atoms with Gasteiger partial charge in [-0.25, -0.2) is 4.99 Å². The number of carbonyl (C=O) groups is 1. The lowest BCUT2D eigenvalue weighted by atomic mass is 9.85. The lowest BCUT2D eigenvalue weighted by molar-refractivity contribution is -0.129. The van der Waals surface area contributed by atoms with Crippen LogP contribution in [0.3, 0.4) is 0 Å². The number of aromatic nitrogens is 4. The van der Waals surface area contributed by atoms with Gasteiger partial charge in [0.05, 0.1) is 5.69 Å². The third-order valence-electron chi connectivity index (χ3n) is 7.59. The topological polar surface area (TPSA) is 87.1 Å². The van der Waals surface area contributed by atoms with E-state index in [4.69, 9.17) is 10.4 Å². The number of aromatic amines is 1. The van der Waals surface area contributed by atoms with Crippen LogP contribution in [0.4, 0.5) is 0 Å². The van der Waals surface area contributed by atoms with E-state index in [-0.39, 0.29) is 5.91 Å². The second-order valence-corrected chi connectivity index (χ2v) is 11.4. The minimum atomic E-state index is -1.37. The van der Waals surface area contributed by atoms with Crippen LogP contribution in [0.15, 0.2) is 62.7 Å². The highest BCUT2D eigenvalue weighted by Gasteiger charge is 2.54. The molecule has 2 N–H and O–H groups in total. The Morgan fingerprint density at radius 3 is 2.32 bits per heavy atom. The van der Waals surface area contributed by atoms with Gasteiger partial charge in [0, 0.05) is 88.2 Å². The number of rotatable bonds is 3. The summed E-state index contributed by atoms with van der Waals surface area (Å²) in [5, 5.41) is 10.6. The van der Waals surface area contributed by atoms with Gasteiger partial charge in [-0.05, 0) is 31.2 Å². The number of aliphatic imine (C=N–C) groups is 1. The standard InChI is InChI=1S/C27H25Br2N7O/c1-14-23(35(4)26(30)34(14)3)27(20-12-31-21-10-15(28)7-9-18(20)21)25(37)36(5)24(32-27)19-13-33(2)22-11-16(29)6-8-17(19)22/h6-13,30-31H,1-5H3. The molecule has 1 unspecified atom stereocenters. The lowest BCUT2D eigenvalue weighted by Gasteiger charge is -2.26. The quantitative estimate of drug-likeness (QED) is 0.297. The molecule has 1 atom stereocenters. The van der Waals surface area contributed by atoms with Gasteiger partial charge in [0.25, 0.3) is 5.91 Å². The van der Waals surface area contributed by atoms with Gasteiger partial charge in [-0.3, -0.25) is 15.1 Å². The predicted molar refractivity (Wildman–Crippen MR) is 152 cm³/mol. The number of likely N-dealkylation sites (N-methyl/N-ethyl adjacent to an activating group) is 1. The van der Waals surface area contributed by atoms with Gasteiger partial charge in [0.2, 0.25) is 11.2 Å². The molecule has 0 bridgehead atoms. The summed E-state index contributed by atoms with van der Waals surface area (Å²) in [4.78, 5) is 24.9. The molecule has 4 heterocycles. The Morgan fingerprint density at radius 2 is 1.65 bits per heavy atom. The molecule has 0 spiro atoms. The number of amides is 1. The van der Waals surface area contributed by atoms with Crippen LogP contribution in [0.1, 0.15) is 22.5 Å². The van der Waals surface area contributed by atoms with Gasteiger partial charge in [-0.2, -0.15) is 0 Å². The number of hydrogen-bond acceptors (Lipinski definition) is 3. The Hall–Kier alpha value is -3.37. The molecule has 0 radical (unpaired) electrons. The number of H-pyrrole nitrogens is 1. The van der Waals surface area contributed by atoms with E-state index in [1.165, 1.54) is 0 Å². The first-order chi connectivity index (χ1) is 17.6. The molecule has 3 aromatic heterocycles. The zero-order valence-electron chi connectivity index (χ0n) is 21.0. The molecule has 0 aliphatic carbocycles. The van der Waals surface area contributed by atoms with Gasteiger partial charge in [-0.1, -0.05) is 44.0 Å². The summed E-state index contributed by atoms with van der Waals surface area (Å²) in [6.45, 7) is 1.94. The van der Waals surface area contributed by atoms with Gasteiger partial charge >= 0.3 is 0 Å². The Kier molecular flexibility index (Phi) is 5.23. The van der Waals surface area contributed by atoms with E-state index in [9.17, 15) is 4.79 Å². The molecule has 188 valence electrons. The molecule has 1 aliphatic rings. The number of carbonyl (C=O) groups excluding carboxylic acids is 1. The van der Waals surface area contributed by atoms with E-state index in [2.05, 4.69) is 53.5 Å². The number of nitrogens with one attached hydrogen (secondary N) is 2. The fourth-order valence-electron chi connectivity index (χ4n) is 5.65. The van der Waals surface area contributed by atoms with Crippen molar-refractivity contribution in [2.24, 2.45) is 26.1 Å². The van der Waals surface area contributed by atoms with Crippen molar-refractivity contribution in [1.29, 1.82) is 5.41 Å². The fraction of sp³-hybridized carbons (Fsp3) is 0.222. The zero-order valence-corrected chi connectivity index (χ0v) is 24.2. The molecule has 0 fully saturated rings. The summed E-state index contributed by atoms with van der Waals surface area (Å²) in [5.41, 5.74) is 4.00. The maximum Gasteiger partial charge on any atom is 0.266 e. The van der Waals surface area contributed by atoms with Crippen LogP contribution >= 0.6 is 31.9 Å². The molecule has 5 aromatic rings. The van der Waals surface area contributed by atoms with E-state index in [1.807, 2.05) is 64.7 Å². The van der Waals surface area contributed by atoms with Crippen molar-refractivity contribution < 1.29 is 4.79 Å². The highest BCUT2D eigenvalue weighted by molar-refractivity contribution is 9.10. The van der Waals surface area contributed by atoms with Gasteiger partial charge < -0.3 is 18.7 Å². The number of hydrogen-bond donors (Lipinski definition) is 2. The summed E-state index contributed by atoms with van der Waals surface area (Å²) >= 11 is 7.12. The number of halogens is 2. The summed E-state index contributed by atoms with van der Waals surface area (Å²) in [7, 11) is 7.45. The second kappa shape index (κ2) is 8.06. The lowest BCUT2D eigenvalue weighted by Crippen LogP contribution is -2.42. The molecule has 0 saturated carbocycles. The van der Waals surface area contributed by atoms with E-state index < -0.39 is 5.54 Å². The molecule has 1 amide bonds. The van der Waals surface area contributed by atoms with Crippen molar-refractivity contribution in [2.75, 3.05) is 7.05 Å². The van der Waals surface area contributed by atoms with Crippen LogP contribution < -0.4 is 5.62 Å². The summed E-state index contributed by atoms with van der Waals surface area (Å²) in [6.07, 6.45) is 3.90. The molecule has 10 heteroatoms. The highest BCUT2D eigenvalue weighted by atomic mass is 79.9. The Bertz CT molecular complexity index is 1870. The Labute approximate surface area is 230 Å². The molecule has 1 aliphatic heterocycles. The SMILES string of the molecule is Cc1c(C2(c3c[nH]c4cc(Br)ccc34)N=C(c3cn(C)c4cc(Br)ccc34)N(C)C2=O)n(C)c(=N)n1C. The summed E-state index contributed by atoms with van der Waals surface area (Å²) in [5.74, 6) is 0.434. The monoisotopic (exact) mass is 621 g/mol. The molecule has 0 saturated heterocycles. The smallest absolute Gasteiger partial charge is 0.266 e. The normalized spacial score (nSPS) is 18.0. The number of aryl methyl sites for hydroxylation is 1. The fourth-order valence-corrected chi connectivity index (χ4v) is 6.36. The largest absolute Gasteiger partial charge is 0.361 e. The van der Waals surface area contributed by atoms with E-state index >= 15 is 0 Å². The molecular weight excluding hydrogens is 598 g/mol. The maximum absolute atomic E-state index is 14.5. The van der Waals surface area contributed by atoms with Crippen LogP contribution in [-0.4, -0.2) is 42.4 Å². The van der Waals surface area contributed by atoms with Crippen molar-refractivity contribution >= 4 is 65.4 Å². The number of nitrogens with zero attached hydrogens (tertiary/aromatic N) is 5. The van der Waals surface area contributed by atoms with Crippen LogP contribution in [-0.2, 0) is 31.5 Å². The molecule has 6 rings (SSSR count). The third kappa shape index (κ3) is 3.15. The van der Waals surface area contributed by atoms with Crippen LogP contribution in [0.5, 0.6) is 0 Å². The van der Waals surface area contributed by atoms with Gasteiger partial charge in [0.1, 0.15) is 5.84 Å². The number of amidine groups is 1. The Balaban J connectivity index is 1.74. The van der Waals surface area contributed by atoms with Crippen molar-refractivity contribution in [3.05, 3.63) is 85.9 Å². The van der Waals surface area contributed by atoms with E-state index in [1.54, 1.807) is 21.1 Å².